The molecule has 2 aromatic heterocycles. The second kappa shape index (κ2) is 4.96. The van der Waals surface area contributed by atoms with Crippen LogP contribution >= 0.6 is 11.3 Å². The van der Waals surface area contributed by atoms with E-state index >= 15 is 0 Å². The Morgan fingerprint density at radius 2 is 2.10 bits per heavy atom. The Labute approximate surface area is 125 Å². The number of aryl methyl sites for hydroxylation is 3. The van der Waals surface area contributed by atoms with Crippen LogP contribution in [0.5, 0.6) is 0 Å². The fourth-order valence-corrected chi connectivity index (χ4v) is 3.49. The lowest BCUT2D eigenvalue weighted by atomic mass is 10.1. The number of aromatic nitrogens is 2. The van der Waals surface area contributed by atoms with Crippen molar-refractivity contribution in [1.82, 2.24) is 10.2 Å². The first kappa shape index (κ1) is 13.8. The number of anilines is 1. The number of carbonyl (C=O) groups excluding carboxylic acids is 1. The van der Waals surface area contributed by atoms with Crippen molar-refractivity contribution in [2.45, 2.75) is 20.8 Å². The van der Waals surface area contributed by atoms with E-state index in [1.54, 1.807) is 13.0 Å². The average molecular weight is 303 g/mol. The second-order valence-electron chi connectivity index (χ2n) is 4.93. The number of halogens is 1. The zero-order valence-electron chi connectivity index (χ0n) is 11.9. The first-order valence-electron chi connectivity index (χ1n) is 6.49. The number of rotatable bonds is 2. The molecule has 0 radical (unpaired) electrons. The maximum absolute atomic E-state index is 13.9. The first-order chi connectivity index (χ1) is 9.99. The van der Waals surface area contributed by atoms with Gasteiger partial charge in [-0.05, 0) is 38.5 Å². The lowest BCUT2D eigenvalue weighted by Crippen LogP contribution is -2.12. The second-order valence-corrected chi connectivity index (χ2v) is 5.98. The highest BCUT2D eigenvalue weighted by Crippen LogP contribution is 2.33. The van der Waals surface area contributed by atoms with E-state index in [2.05, 4.69) is 15.5 Å². The molecule has 108 valence electrons. The van der Waals surface area contributed by atoms with Crippen molar-refractivity contribution < 1.29 is 9.18 Å². The maximum Gasteiger partial charge on any atom is 0.266 e. The van der Waals surface area contributed by atoms with Crippen LogP contribution in [0.1, 0.15) is 26.6 Å². The van der Waals surface area contributed by atoms with Gasteiger partial charge in [-0.1, -0.05) is 6.07 Å². The van der Waals surface area contributed by atoms with Crippen molar-refractivity contribution in [3.63, 3.8) is 0 Å². The Balaban J connectivity index is 2.03. The molecule has 0 atom stereocenters. The van der Waals surface area contributed by atoms with E-state index < -0.39 is 0 Å². The molecule has 6 heteroatoms. The molecule has 0 aliphatic heterocycles. The van der Waals surface area contributed by atoms with E-state index in [1.807, 2.05) is 19.9 Å². The van der Waals surface area contributed by atoms with Gasteiger partial charge in [-0.2, -0.15) is 5.10 Å². The van der Waals surface area contributed by atoms with Crippen molar-refractivity contribution in [3.05, 3.63) is 45.8 Å². The van der Waals surface area contributed by atoms with E-state index in [1.165, 1.54) is 17.4 Å². The van der Waals surface area contributed by atoms with Gasteiger partial charge in [0.2, 0.25) is 0 Å². The van der Waals surface area contributed by atoms with Crippen LogP contribution in [-0.4, -0.2) is 16.1 Å². The Morgan fingerprint density at radius 3 is 2.71 bits per heavy atom. The molecule has 2 N–H and O–H groups in total. The number of thiophene rings is 1. The third kappa shape index (κ3) is 2.21. The van der Waals surface area contributed by atoms with Gasteiger partial charge in [-0.15, -0.1) is 11.3 Å². The molecule has 0 aliphatic carbocycles. The number of H-pyrrole nitrogens is 1. The molecule has 0 bridgehead atoms. The van der Waals surface area contributed by atoms with Gasteiger partial charge in [0.05, 0.1) is 22.0 Å². The summed E-state index contributed by atoms with van der Waals surface area (Å²) < 4.78 is 14.7. The van der Waals surface area contributed by atoms with E-state index in [0.717, 1.165) is 16.1 Å². The van der Waals surface area contributed by atoms with Crippen LogP contribution < -0.4 is 5.32 Å². The molecule has 1 aromatic carbocycles. The standard InChI is InChI=1S/C15H14FN3OS/c1-7-12-10(16)5-4-6-11(12)21-14(7)15(20)17-13-8(2)18-19-9(13)3/h4-6H,1-3H3,(H,17,20)(H,18,19). The van der Waals surface area contributed by atoms with Gasteiger partial charge < -0.3 is 5.32 Å². The van der Waals surface area contributed by atoms with E-state index in [4.69, 9.17) is 0 Å². The number of hydrogen-bond acceptors (Lipinski definition) is 3. The van der Waals surface area contributed by atoms with Crippen LogP contribution in [0.3, 0.4) is 0 Å². The topological polar surface area (TPSA) is 57.8 Å². The summed E-state index contributed by atoms with van der Waals surface area (Å²) in [7, 11) is 0. The number of nitrogens with zero attached hydrogens (tertiary/aromatic N) is 1. The summed E-state index contributed by atoms with van der Waals surface area (Å²) >= 11 is 1.30. The number of benzene rings is 1. The highest BCUT2D eigenvalue weighted by molar-refractivity contribution is 7.21. The van der Waals surface area contributed by atoms with Gasteiger partial charge >= 0.3 is 0 Å². The number of aromatic amines is 1. The van der Waals surface area contributed by atoms with Crippen molar-refractivity contribution in [3.8, 4) is 0 Å². The SMILES string of the molecule is Cc1n[nH]c(C)c1NC(=O)c1sc2cccc(F)c2c1C. The van der Waals surface area contributed by atoms with Gasteiger partial charge in [-0.3, -0.25) is 9.89 Å². The predicted molar refractivity (Wildman–Crippen MR) is 82.5 cm³/mol. The van der Waals surface area contributed by atoms with Crippen LogP contribution in [0.15, 0.2) is 18.2 Å². The van der Waals surface area contributed by atoms with Gasteiger partial charge in [0.25, 0.3) is 5.91 Å². The smallest absolute Gasteiger partial charge is 0.266 e. The summed E-state index contributed by atoms with van der Waals surface area (Å²) in [6, 6.07) is 4.88. The summed E-state index contributed by atoms with van der Waals surface area (Å²) in [6.45, 7) is 5.43. The zero-order chi connectivity index (χ0) is 15.1. The summed E-state index contributed by atoms with van der Waals surface area (Å²) in [5.41, 5.74) is 2.87. The maximum atomic E-state index is 13.9. The zero-order valence-corrected chi connectivity index (χ0v) is 12.7. The summed E-state index contributed by atoms with van der Waals surface area (Å²) in [5, 5.41) is 10.2. The lowest BCUT2D eigenvalue weighted by molar-refractivity contribution is 0.103. The summed E-state index contributed by atoms with van der Waals surface area (Å²) in [4.78, 5) is 13.0. The molecule has 0 aliphatic rings. The molecule has 0 saturated heterocycles. The van der Waals surface area contributed by atoms with Gasteiger partial charge in [0, 0.05) is 10.1 Å². The quantitative estimate of drug-likeness (QED) is 0.753. The third-order valence-electron chi connectivity index (χ3n) is 3.48. The number of nitrogens with one attached hydrogen (secondary N) is 2. The van der Waals surface area contributed by atoms with Crippen molar-refractivity contribution in [2.75, 3.05) is 5.32 Å². The third-order valence-corrected chi connectivity index (χ3v) is 4.73. The minimum Gasteiger partial charge on any atom is -0.318 e. The van der Waals surface area contributed by atoms with Crippen LogP contribution in [0.2, 0.25) is 0 Å². The molecular formula is C15H14FN3OS. The predicted octanol–water partition coefficient (Wildman–Crippen LogP) is 3.94. The molecule has 0 fully saturated rings. The Hall–Kier alpha value is -2.21. The fraction of sp³-hybridized carbons (Fsp3) is 0.200. The molecule has 0 saturated carbocycles. The molecule has 0 spiro atoms. The average Bonchev–Trinajstić information content (AvgIpc) is 2.94. The van der Waals surface area contributed by atoms with Crippen LogP contribution in [0.4, 0.5) is 10.1 Å². The van der Waals surface area contributed by atoms with Crippen molar-refractivity contribution in [2.24, 2.45) is 0 Å². The molecule has 3 rings (SSSR count). The Bertz CT molecular complexity index is 831. The van der Waals surface area contributed by atoms with Crippen molar-refractivity contribution >= 4 is 33.0 Å². The Morgan fingerprint density at radius 1 is 1.33 bits per heavy atom. The van der Waals surface area contributed by atoms with Crippen molar-refractivity contribution in [1.29, 1.82) is 0 Å². The Kier molecular flexibility index (Phi) is 3.25. The van der Waals surface area contributed by atoms with Gasteiger partial charge in [0.1, 0.15) is 5.82 Å². The van der Waals surface area contributed by atoms with Crippen LogP contribution in [0.25, 0.3) is 10.1 Å². The summed E-state index contributed by atoms with van der Waals surface area (Å²) in [5.74, 6) is -0.531. The fourth-order valence-electron chi connectivity index (χ4n) is 2.38. The first-order valence-corrected chi connectivity index (χ1v) is 7.31. The van der Waals surface area contributed by atoms with E-state index in [9.17, 15) is 9.18 Å². The molecule has 4 nitrogen and oxygen atoms in total. The number of carbonyl (C=O) groups is 1. The number of fused-ring (bicyclic) bond motifs is 1. The minimum absolute atomic E-state index is 0.235. The molecule has 3 aromatic rings. The van der Waals surface area contributed by atoms with E-state index in [0.29, 0.717) is 21.5 Å². The molecule has 0 unspecified atom stereocenters. The number of hydrogen-bond donors (Lipinski definition) is 2. The molecule has 2 heterocycles. The van der Waals surface area contributed by atoms with Gasteiger partial charge in [-0.25, -0.2) is 4.39 Å². The highest BCUT2D eigenvalue weighted by atomic mass is 32.1. The number of amides is 1. The molecule has 21 heavy (non-hydrogen) atoms. The van der Waals surface area contributed by atoms with Crippen LogP contribution in [-0.2, 0) is 0 Å². The van der Waals surface area contributed by atoms with E-state index in [-0.39, 0.29) is 11.7 Å². The lowest BCUT2D eigenvalue weighted by Gasteiger charge is -2.04. The largest absolute Gasteiger partial charge is 0.318 e. The minimum atomic E-state index is -0.295. The monoisotopic (exact) mass is 303 g/mol. The normalized spacial score (nSPS) is 11.0. The van der Waals surface area contributed by atoms with Gasteiger partial charge in [0.15, 0.2) is 0 Å². The highest BCUT2D eigenvalue weighted by Gasteiger charge is 2.19. The molecular weight excluding hydrogens is 289 g/mol. The van der Waals surface area contributed by atoms with Crippen LogP contribution in [0, 0.1) is 26.6 Å². The molecule has 1 amide bonds. The summed E-state index contributed by atoms with van der Waals surface area (Å²) in [6.07, 6.45) is 0.